The van der Waals surface area contributed by atoms with Crippen LogP contribution in [0, 0.1) is 0 Å². The molecule has 0 saturated carbocycles. The van der Waals surface area contributed by atoms with E-state index >= 15 is 0 Å². The second-order valence-corrected chi connectivity index (χ2v) is 3.57. The Bertz CT molecular complexity index is 271. The zero-order valence-electron chi connectivity index (χ0n) is 5.68. The molecule has 3 heteroatoms. The van der Waals surface area contributed by atoms with E-state index in [1.165, 1.54) is 0 Å². The summed E-state index contributed by atoms with van der Waals surface area (Å²) in [6, 6.07) is 5.65. The molecule has 0 fully saturated rings. The van der Waals surface area contributed by atoms with Crippen LogP contribution in [0.4, 0.5) is 0 Å². The van der Waals surface area contributed by atoms with Gasteiger partial charge in [-0.05, 0) is 17.7 Å². The lowest BCUT2D eigenvalue weighted by molar-refractivity contribution is 0.112. The summed E-state index contributed by atoms with van der Waals surface area (Å²) in [6.07, 6.45) is 0.862. The van der Waals surface area contributed by atoms with E-state index in [1.54, 1.807) is 0 Å². The van der Waals surface area contributed by atoms with Crippen molar-refractivity contribution in [2.45, 2.75) is 5.33 Å². The Balaban J connectivity index is 3.16. The van der Waals surface area contributed by atoms with Gasteiger partial charge in [-0.25, -0.2) is 0 Å². The Labute approximate surface area is 82.1 Å². The normalized spacial score (nSPS) is 9.64. The molecular weight excluding hydrogens is 272 g/mol. The number of halogens is 2. The third-order valence-corrected chi connectivity index (χ3v) is 2.48. The molecule has 0 aliphatic carbocycles. The summed E-state index contributed by atoms with van der Waals surface area (Å²) in [7, 11) is 0. The summed E-state index contributed by atoms with van der Waals surface area (Å²) in [6.45, 7) is 0. The van der Waals surface area contributed by atoms with E-state index in [0.717, 1.165) is 21.9 Å². The van der Waals surface area contributed by atoms with Crippen molar-refractivity contribution in [3.05, 3.63) is 33.8 Å². The second-order valence-electron chi connectivity index (χ2n) is 2.09. The van der Waals surface area contributed by atoms with Gasteiger partial charge in [0.25, 0.3) is 0 Å². The number of benzene rings is 1. The van der Waals surface area contributed by atoms with Crippen LogP contribution in [0.2, 0.25) is 0 Å². The van der Waals surface area contributed by atoms with Gasteiger partial charge >= 0.3 is 0 Å². The van der Waals surface area contributed by atoms with Crippen LogP contribution in [0.5, 0.6) is 0 Å². The predicted molar refractivity (Wildman–Crippen MR) is 52.2 cm³/mol. The van der Waals surface area contributed by atoms with Crippen molar-refractivity contribution >= 4 is 38.1 Å². The molecule has 0 spiro atoms. The third-order valence-electron chi connectivity index (χ3n) is 1.38. The Morgan fingerprint density at radius 3 is 2.73 bits per heavy atom. The van der Waals surface area contributed by atoms with E-state index in [9.17, 15) is 4.79 Å². The highest BCUT2D eigenvalue weighted by molar-refractivity contribution is 9.10. The number of rotatable bonds is 2. The molecule has 11 heavy (non-hydrogen) atoms. The molecule has 0 bridgehead atoms. The lowest BCUT2D eigenvalue weighted by atomic mass is 10.1. The largest absolute Gasteiger partial charge is 0.298 e. The summed E-state index contributed by atoms with van der Waals surface area (Å²) in [5.74, 6) is 0. The third kappa shape index (κ3) is 2.14. The van der Waals surface area contributed by atoms with E-state index < -0.39 is 0 Å². The molecule has 0 aliphatic rings. The fraction of sp³-hybridized carbons (Fsp3) is 0.125. The van der Waals surface area contributed by atoms with Gasteiger partial charge in [-0.3, -0.25) is 4.79 Å². The minimum Gasteiger partial charge on any atom is -0.298 e. The van der Waals surface area contributed by atoms with Gasteiger partial charge < -0.3 is 0 Å². The maximum Gasteiger partial charge on any atom is 0.150 e. The van der Waals surface area contributed by atoms with Crippen molar-refractivity contribution in [3.63, 3.8) is 0 Å². The maximum atomic E-state index is 10.5. The van der Waals surface area contributed by atoms with Crippen LogP contribution < -0.4 is 0 Å². The van der Waals surface area contributed by atoms with Crippen LogP contribution in [-0.4, -0.2) is 6.29 Å². The van der Waals surface area contributed by atoms with Crippen LogP contribution >= 0.6 is 31.9 Å². The number of hydrogen-bond donors (Lipinski definition) is 0. The molecule has 58 valence electrons. The van der Waals surface area contributed by atoms with Gasteiger partial charge in [0.2, 0.25) is 0 Å². The van der Waals surface area contributed by atoms with Crippen LogP contribution in [0.3, 0.4) is 0 Å². The summed E-state index contributed by atoms with van der Waals surface area (Å²) < 4.78 is 0.935. The zero-order valence-corrected chi connectivity index (χ0v) is 8.85. The van der Waals surface area contributed by atoms with E-state index in [2.05, 4.69) is 31.9 Å². The van der Waals surface area contributed by atoms with Crippen LogP contribution in [-0.2, 0) is 5.33 Å². The average molecular weight is 278 g/mol. The molecule has 0 saturated heterocycles. The quantitative estimate of drug-likeness (QED) is 0.600. The lowest BCUT2D eigenvalue weighted by Crippen LogP contribution is -1.87. The molecule has 0 radical (unpaired) electrons. The van der Waals surface area contributed by atoms with Crippen LogP contribution in [0.25, 0.3) is 0 Å². The van der Waals surface area contributed by atoms with Crippen molar-refractivity contribution < 1.29 is 4.79 Å². The second kappa shape index (κ2) is 4.02. The van der Waals surface area contributed by atoms with E-state index in [0.29, 0.717) is 5.33 Å². The topological polar surface area (TPSA) is 17.1 Å². The molecule has 1 aromatic carbocycles. The molecule has 1 rings (SSSR count). The highest BCUT2D eigenvalue weighted by Gasteiger charge is 1.99. The maximum absolute atomic E-state index is 10.5. The molecule has 0 heterocycles. The number of hydrogen-bond acceptors (Lipinski definition) is 1. The smallest absolute Gasteiger partial charge is 0.150 e. The van der Waals surface area contributed by atoms with E-state index in [1.807, 2.05) is 18.2 Å². The molecule has 0 aliphatic heterocycles. The number of alkyl halides is 1. The molecule has 1 nitrogen and oxygen atoms in total. The van der Waals surface area contributed by atoms with Gasteiger partial charge in [-0.2, -0.15) is 0 Å². The molecule has 1 aromatic rings. The summed E-state index contributed by atoms with van der Waals surface area (Å²) in [5.41, 5.74) is 1.75. The first kappa shape index (κ1) is 8.94. The van der Waals surface area contributed by atoms with Crippen molar-refractivity contribution in [2.75, 3.05) is 0 Å². The van der Waals surface area contributed by atoms with Gasteiger partial charge in [0.1, 0.15) is 6.29 Å². The fourth-order valence-electron chi connectivity index (χ4n) is 0.797. The standard InChI is InChI=1S/C8H6Br2O/c9-4-6-1-2-8(10)3-7(6)5-11/h1-3,5H,4H2. The molecule has 0 aromatic heterocycles. The first-order chi connectivity index (χ1) is 5.27. The van der Waals surface area contributed by atoms with Gasteiger partial charge in [0.05, 0.1) is 0 Å². The highest BCUT2D eigenvalue weighted by atomic mass is 79.9. The van der Waals surface area contributed by atoms with Crippen molar-refractivity contribution in [2.24, 2.45) is 0 Å². The Morgan fingerprint density at radius 2 is 2.18 bits per heavy atom. The summed E-state index contributed by atoms with van der Waals surface area (Å²) in [4.78, 5) is 10.5. The van der Waals surface area contributed by atoms with Crippen molar-refractivity contribution in [3.8, 4) is 0 Å². The first-order valence-electron chi connectivity index (χ1n) is 3.07. The van der Waals surface area contributed by atoms with Crippen molar-refractivity contribution in [1.29, 1.82) is 0 Å². The lowest BCUT2D eigenvalue weighted by Gasteiger charge is -1.99. The van der Waals surface area contributed by atoms with E-state index in [-0.39, 0.29) is 0 Å². The van der Waals surface area contributed by atoms with Gasteiger partial charge in [-0.15, -0.1) is 0 Å². The van der Waals surface area contributed by atoms with Crippen LogP contribution in [0.15, 0.2) is 22.7 Å². The average Bonchev–Trinajstić information content (AvgIpc) is 2.04. The van der Waals surface area contributed by atoms with Crippen molar-refractivity contribution in [1.82, 2.24) is 0 Å². The number of carbonyl (C=O) groups is 1. The van der Waals surface area contributed by atoms with Gasteiger partial charge in [-0.1, -0.05) is 37.9 Å². The Hall–Kier alpha value is -0.150. The minimum atomic E-state index is 0.717. The number of aldehydes is 1. The van der Waals surface area contributed by atoms with E-state index in [4.69, 9.17) is 0 Å². The Kier molecular flexibility index (Phi) is 3.27. The molecule has 0 atom stereocenters. The summed E-state index contributed by atoms with van der Waals surface area (Å²) >= 11 is 6.59. The van der Waals surface area contributed by atoms with Crippen LogP contribution in [0.1, 0.15) is 15.9 Å². The predicted octanol–water partition coefficient (Wildman–Crippen LogP) is 3.16. The van der Waals surface area contributed by atoms with Gasteiger partial charge in [0, 0.05) is 15.4 Å². The van der Waals surface area contributed by atoms with Gasteiger partial charge in [0.15, 0.2) is 0 Å². The number of carbonyl (C=O) groups excluding carboxylic acids is 1. The summed E-state index contributed by atoms with van der Waals surface area (Å²) in [5, 5.41) is 0.717. The minimum absolute atomic E-state index is 0.717. The highest BCUT2D eigenvalue weighted by Crippen LogP contribution is 2.17. The Morgan fingerprint density at radius 1 is 1.45 bits per heavy atom. The monoisotopic (exact) mass is 276 g/mol. The zero-order chi connectivity index (χ0) is 8.27. The molecule has 0 N–H and O–H groups in total. The SMILES string of the molecule is O=Cc1cc(Br)ccc1CBr. The first-order valence-corrected chi connectivity index (χ1v) is 4.99. The molecule has 0 unspecified atom stereocenters. The fourth-order valence-corrected chi connectivity index (χ4v) is 1.69. The molecular formula is C8H6Br2O. The molecule has 0 amide bonds.